The average Bonchev–Trinajstić information content (AvgIpc) is 2.70. The minimum absolute atomic E-state index is 0.0394. The van der Waals surface area contributed by atoms with E-state index in [0.29, 0.717) is 11.5 Å². The summed E-state index contributed by atoms with van der Waals surface area (Å²) in [6.07, 6.45) is 0. The molecule has 1 amide bonds. The average molecular weight is 363 g/mol. The van der Waals surface area contributed by atoms with Crippen molar-refractivity contribution in [3.05, 3.63) is 82.4 Å². The largest absolute Gasteiger partial charge is 0.484 e. The maximum Gasteiger partial charge on any atom is 0.277 e. The molecule has 0 aliphatic carbocycles. The zero-order valence-corrected chi connectivity index (χ0v) is 14.6. The van der Waals surface area contributed by atoms with Crippen LogP contribution in [0.3, 0.4) is 0 Å². The molecule has 1 N–H and O–H groups in total. The number of amides is 1. The van der Waals surface area contributed by atoms with E-state index in [0.717, 1.165) is 16.3 Å². The molecule has 7 nitrogen and oxygen atoms in total. The van der Waals surface area contributed by atoms with Crippen LogP contribution in [0.1, 0.15) is 12.5 Å². The highest BCUT2D eigenvalue weighted by Gasteiger charge is 2.07. The molecular weight excluding hydrogens is 346 g/mol. The van der Waals surface area contributed by atoms with Gasteiger partial charge in [-0.25, -0.2) is 5.43 Å². The number of rotatable bonds is 6. The van der Waals surface area contributed by atoms with Gasteiger partial charge in [0, 0.05) is 12.1 Å². The number of hydrogen-bond donors (Lipinski definition) is 1. The Morgan fingerprint density at radius 3 is 2.48 bits per heavy atom. The van der Waals surface area contributed by atoms with Crippen molar-refractivity contribution in [3.63, 3.8) is 0 Å². The van der Waals surface area contributed by atoms with Crippen molar-refractivity contribution in [2.24, 2.45) is 5.10 Å². The quantitative estimate of drug-likeness (QED) is 0.411. The summed E-state index contributed by atoms with van der Waals surface area (Å²) < 4.78 is 5.29. The number of nitro groups is 1. The highest BCUT2D eigenvalue weighted by Crippen LogP contribution is 2.17. The Morgan fingerprint density at radius 2 is 1.78 bits per heavy atom. The zero-order valence-electron chi connectivity index (χ0n) is 14.6. The van der Waals surface area contributed by atoms with Crippen LogP contribution in [0.15, 0.2) is 71.8 Å². The molecule has 0 atom stereocenters. The number of carbonyl (C=O) groups excluding carboxylic acids is 1. The number of hydrazone groups is 1. The van der Waals surface area contributed by atoms with Crippen LogP contribution in [0.2, 0.25) is 0 Å². The van der Waals surface area contributed by atoms with Crippen LogP contribution in [0, 0.1) is 10.1 Å². The first-order chi connectivity index (χ1) is 13.0. The first kappa shape index (κ1) is 18.1. The number of hydrogen-bond acceptors (Lipinski definition) is 5. The van der Waals surface area contributed by atoms with Crippen molar-refractivity contribution < 1.29 is 14.5 Å². The molecule has 27 heavy (non-hydrogen) atoms. The molecular formula is C20H17N3O4. The van der Waals surface area contributed by atoms with Crippen molar-refractivity contribution in [2.75, 3.05) is 6.61 Å². The Balaban J connectivity index is 1.57. The minimum Gasteiger partial charge on any atom is -0.484 e. The van der Waals surface area contributed by atoms with Gasteiger partial charge in [-0.3, -0.25) is 14.9 Å². The van der Waals surface area contributed by atoms with Crippen molar-refractivity contribution in [1.29, 1.82) is 0 Å². The van der Waals surface area contributed by atoms with Crippen molar-refractivity contribution in [3.8, 4) is 5.75 Å². The summed E-state index contributed by atoms with van der Waals surface area (Å²) in [4.78, 5) is 22.0. The van der Waals surface area contributed by atoms with Crippen molar-refractivity contribution >= 4 is 28.1 Å². The van der Waals surface area contributed by atoms with E-state index in [1.807, 2.05) is 49.4 Å². The lowest BCUT2D eigenvalue weighted by Crippen LogP contribution is -2.25. The second-order valence-corrected chi connectivity index (χ2v) is 5.83. The molecule has 0 aromatic heterocycles. The summed E-state index contributed by atoms with van der Waals surface area (Å²) in [7, 11) is 0. The molecule has 0 saturated carbocycles. The molecule has 0 unspecified atom stereocenters. The van der Waals surface area contributed by atoms with E-state index in [9.17, 15) is 14.9 Å². The van der Waals surface area contributed by atoms with Crippen LogP contribution in [0.5, 0.6) is 5.75 Å². The zero-order chi connectivity index (χ0) is 19.2. The molecule has 3 rings (SSSR count). The summed E-state index contributed by atoms with van der Waals surface area (Å²) in [5.74, 6) is -0.0560. The number of nitrogens with one attached hydrogen (secondary N) is 1. The summed E-state index contributed by atoms with van der Waals surface area (Å²) in [6.45, 7) is 1.56. The molecule has 3 aromatic rings. The van der Waals surface area contributed by atoms with Crippen molar-refractivity contribution in [2.45, 2.75) is 6.92 Å². The predicted octanol–water partition coefficient (Wildman–Crippen LogP) is 3.67. The van der Waals surface area contributed by atoms with Gasteiger partial charge in [0.05, 0.1) is 10.6 Å². The third-order valence-electron chi connectivity index (χ3n) is 3.93. The second kappa shape index (κ2) is 8.09. The first-order valence-electron chi connectivity index (χ1n) is 8.22. The van der Waals surface area contributed by atoms with Crippen LogP contribution in [0.4, 0.5) is 5.69 Å². The van der Waals surface area contributed by atoms with Gasteiger partial charge in [-0.2, -0.15) is 5.10 Å². The van der Waals surface area contributed by atoms with Crippen LogP contribution >= 0.6 is 0 Å². The molecule has 0 fully saturated rings. The molecule has 0 radical (unpaired) electrons. The lowest BCUT2D eigenvalue weighted by Gasteiger charge is -2.06. The van der Waals surface area contributed by atoms with Gasteiger partial charge in [-0.15, -0.1) is 0 Å². The fraction of sp³-hybridized carbons (Fsp3) is 0.100. The Kier molecular flexibility index (Phi) is 5.41. The summed E-state index contributed by atoms with van der Waals surface area (Å²) in [5.41, 5.74) is 3.98. The first-order valence-corrected chi connectivity index (χ1v) is 8.22. The number of non-ortho nitro benzene ring substituents is 1. The fourth-order valence-corrected chi connectivity index (χ4v) is 2.47. The monoisotopic (exact) mass is 363 g/mol. The van der Waals surface area contributed by atoms with Crippen molar-refractivity contribution in [1.82, 2.24) is 5.43 Å². The third-order valence-corrected chi connectivity index (χ3v) is 3.93. The van der Waals surface area contributed by atoms with E-state index in [1.54, 1.807) is 0 Å². The van der Waals surface area contributed by atoms with E-state index in [4.69, 9.17) is 4.74 Å². The minimum atomic E-state index is -0.499. The molecule has 0 aliphatic heterocycles. The standard InChI is InChI=1S/C20H17N3O4/c1-14(16-7-6-15-4-2-3-5-17(15)12-16)21-22-20(24)13-27-19-10-8-18(9-11-19)23(25)26/h2-12H,13H2,1H3,(H,22,24). The van der Waals surface area contributed by atoms with Gasteiger partial charge in [0.1, 0.15) is 5.75 Å². The fourth-order valence-electron chi connectivity index (χ4n) is 2.47. The van der Waals surface area contributed by atoms with Crippen LogP contribution in [-0.4, -0.2) is 23.1 Å². The Morgan fingerprint density at radius 1 is 1.07 bits per heavy atom. The lowest BCUT2D eigenvalue weighted by atomic mass is 10.0. The predicted molar refractivity (Wildman–Crippen MR) is 103 cm³/mol. The van der Waals surface area contributed by atoms with Gasteiger partial charge in [-0.05, 0) is 41.5 Å². The van der Waals surface area contributed by atoms with E-state index in [2.05, 4.69) is 10.5 Å². The van der Waals surface area contributed by atoms with Gasteiger partial charge in [0.25, 0.3) is 11.6 Å². The molecule has 3 aromatic carbocycles. The highest BCUT2D eigenvalue weighted by atomic mass is 16.6. The topological polar surface area (TPSA) is 93.8 Å². The second-order valence-electron chi connectivity index (χ2n) is 5.83. The van der Waals surface area contributed by atoms with Gasteiger partial charge in [0.15, 0.2) is 6.61 Å². The lowest BCUT2D eigenvalue weighted by molar-refractivity contribution is -0.384. The molecule has 136 valence electrons. The van der Waals surface area contributed by atoms with Crippen LogP contribution in [-0.2, 0) is 4.79 Å². The molecule has 0 aliphatic rings. The maximum absolute atomic E-state index is 11.9. The number of nitrogens with zero attached hydrogens (tertiary/aromatic N) is 2. The SMILES string of the molecule is CC(=NNC(=O)COc1ccc([N+](=O)[O-])cc1)c1ccc2ccccc2c1. The number of ether oxygens (including phenoxy) is 1. The normalized spacial score (nSPS) is 11.2. The van der Waals surface area contributed by atoms with Crippen LogP contribution in [0.25, 0.3) is 10.8 Å². The molecule has 0 heterocycles. The Labute approximate surface area is 155 Å². The summed E-state index contributed by atoms with van der Waals surface area (Å²) in [5, 5.41) is 16.9. The maximum atomic E-state index is 11.9. The van der Waals surface area contributed by atoms with E-state index < -0.39 is 10.8 Å². The van der Waals surface area contributed by atoms with E-state index in [1.165, 1.54) is 24.3 Å². The number of carbonyl (C=O) groups is 1. The van der Waals surface area contributed by atoms with E-state index in [-0.39, 0.29) is 12.3 Å². The van der Waals surface area contributed by atoms with Gasteiger partial charge >= 0.3 is 0 Å². The smallest absolute Gasteiger partial charge is 0.277 e. The van der Waals surface area contributed by atoms with E-state index >= 15 is 0 Å². The number of benzene rings is 3. The third kappa shape index (κ3) is 4.66. The van der Waals surface area contributed by atoms with Gasteiger partial charge in [0.2, 0.25) is 0 Å². The highest BCUT2D eigenvalue weighted by molar-refractivity contribution is 6.02. The molecule has 0 bridgehead atoms. The van der Waals surface area contributed by atoms with Crippen LogP contribution < -0.4 is 10.2 Å². The Bertz CT molecular complexity index is 1010. The molecule has 0 saturated heterocycles. The summed E-state index contributed by atoms with van der Waals surface area (Å²) >= 11 is 0. The Hall–Kier alpha value is -3.74. The molecule has 0 spiro atoms. The number of fused-ring (bicyclic) bond motifs is 1. The molecule has 7 heteroatoms. The van der Waals surface area contributed by atoms with Gasteiger partial charge in [-0.1, -0.05) is 36.4 Å². The van der Waals surface area contributed by atoms with Gasteiger partial charge < -0.3 is 4.74 Å². The number of nitro benzene ring substituents is 1. The summed E-state index contributed by atoms with van der Waals surface area (Å²) in [6, 6.07) is 19.5.